The van der Waals surface area contributed by atoms with Gasteiger partial charge < -0.3 is 5.32 Å². The average molecular weight is 275 g/mol. The molecule has 0 unspecified atom stereocenters. The summed E-state index contributed by atoms with van der Waals surface area (Å²) in [6.07, 6.45) is 4.55. The molecule has 0 radical (unpaired) electrons. The van der Waals surface area contributed by atoms with Crippen molar-refractivity contribution < 1.29 is 4.79 Å². The van der Waals surface area contributed by atoms with Crippen LogP contribution in [0.5, 0.6) is 0 Å². The largest absolute Gasteiger partial charge is 0.355 e. The van der Waals surface area contributed by atoms with Gasteiger partial charge in [-0.1, -0.05) is 23.7 Å². The highest BCUT2D eigenvalue weighted by molar-refractivity contribution is 6.30. The number of hydrogen-bond donors (Lipinski definition) is 1. The average Bonchev–Trinajstić information content (AvgIpc) is 2.40. The molecule has 0 aliphatic carbocycles. The van der Waals surface area contributed by atoms with Gasteiger partial charge in [0.15, 0.2) is 0 Å². The predicted octanol–water partition coefficient (Wildman–Crippen LogP) is 2.64. The number of nitrogens with one attached hydrogen (secondary N) is 1. The lowest BCUT2D eigenvalue weighted by Gasteiger charge is -2.05. The molecule has 0 aliphatic rings. The molecular weight excluding hydrogens is 260 g/mol. The maximum absolute atomic E-state index is 11.7. The standard InChI is InChI=1S/C15H15ClN2O/c16-14-3-1-2-12(10-14)6-9-18-15(19)11-13-4-7-17-8-5-13/h1-5,7-8,10H,6,9,11H2,(H,18,19). The number of benzene rings is 1. The van der Waals surface area contributed by atoms with E-state index in [-0.39, 0.29) is 5.91 Å². The van der Waals surface area contributed by atoms with Crippen molar-refractivity contribution in [2.24, 2.45) is 0 Å². The molecule has 0 bridgehead atoms. The zero-order chi connectivity index (χ0) is 13.5. The molecule has 0 atom stereocenters. The van der Waals surface area contributed by atoms with E-state index in [1.165, 1.54) is 0 Å². The molecule has 1 aromatic carbocycles. The van der Waals surface area contributed by atoms with Crippen molar-refractivity contribution in [3.63, 3.8) is 0 Å². The van der Waals surface area contributed by atoms with Crippen LogP contribution < -0.4 is 5.32 Å². The Labute approximate surface area is 117 Å². The van der Waals surface area contributed by atoms with E-state index in [2.05, 4.69) is 10.3 Å². The summed E-state index contributed by atoms with van der Waals surface area (Å²) in [4.78, 5) is 15.6. The van der Waals surface area contributed by atoms with Crippen molar-refractivity contribution in [1.82, 2.24) is 10.3 Å². The third-order valence-electron chi connectivity index (χ3n) is 2.74. The Balaban J connectivity index is 1.75. The lowest BCUT2D eigenvalue weighted by atomic mass is 10.1. The minimum atomic E-state index is 0.0215. The molecule has 1 aromatic heterocycles. The molecule has 0 aliphatic heterocycles. The lowest BCUT2D eigenvalue weighted by molar-refractivity contribution is -0.120. The molecule has 19 heavy (non-hydrogen) atoms. The number of amides is 1. The fourth-order valence-electron chi connectivity index (χ4n) is 1.79. The quantitative estimate of drug-likeness (QED) is 0.911. The maximum Gasteiger partial charge on any atom is 0.224 e. The van der Waals surface area contributed by atoms with Gasteiger partial charge in [-0.05, 0) is 41.8 Å². The first-order valence-electron chi connectivity index (χ1n) is 6.14. The fraction of sp³-hybridized carbons (Fsp3) is 0.200. The predicted molar refractivity (Wildman–Crippen MR) is 76.1 cm³/mol. The maximum atomic E-state index is 11.7. The normalized spacial score (nSPS) is 10.2. The number of halogens is 1. The van der Waals surface area contributed by atoms with E-state index in [1.807, 2.05) is 36.4 Å². The van der Waals surface area contributed by atoms with Crippen LogP contribution in [0.4, 0.5) is 0 Å². The van der Waals surface area contributed by atoms with Crippen LogP contribution in [-0.4, -0.2) is 17.4 Å². The number of rotatable bonds is 5. The Bertz CT molecular complexity index is 543. The van der Waals surface area contributed by atoms with Gasteiger partial charge in [-0.15, -0.1) is 0 Å². The van der Waals surface area contributed by atoms with Gasteiger partial charge in [0.05, 0.1) is 6.42 Å². The molecule has 1 heterocycles. The number of nitrogens with zero attached hydrogens (tertiary/aromatic N) is 1. The summed E-state index contributed by atoms with van der Waals surface area (Å²) < 4.78 is 0. The summed E-state index contributed by atoms with van der Waals surface area (Å²) >= 11 is 5.90. The first-order valence-corrected chi connectivity index (χ1v) is 6.52. The molecule has 4 heteroatoms. The van der Waals surface area contributed by atoms with E-state index in [0.717, 1.165) is 22.6 Å². The third-order valence-corrected chi connectivity index (χ3v) is 2.97. The van der Waals surface area contributed by atoms with E-state index in [1.54, 1.807) is 12.4 Å². The van der Waals surface area contributed by atoms with Crippen LogP contribution in [0.1, 0.15) is 11.1 Å². The van der Waals surface area contributed by atoms with Crippen LogP contribution in [-0.2, 0) is 17.6 Å². The Hall–Kier alpha value is -1.87. The second kappa shape index (κ2) is 6.90. The highest BCUT2D eigenvalue weighted by atomic mass is 35.5. The van der Waals surface area contributed by atoms with E-state index in [0.29, 0.717) is 13.0 Å². The zero-order valence-corrected chi connectivity index (χ0v) is 11.2. The van der Waals surface area contributed by atoms with Gasteiger partial charge in [0.25, 0.3) is 0 Å². The number of pyridine rings is 1. The SMILES string of the molecule is O=C(Cc1ccncc1)NCCc1cccc(Cl)c1. The summed E-state index contributed by atoms with van der Waals surface area (Å²) in [7, 11) is 0. The fourth-order valence-corrected chi connectivity index (χ4v) is 2.00. The Morgan fingerprint density at radius 3 is 2.68 bits per heavy atom. The van der Waals surface area contributed by atoms with Crippen LogP contribution in [0, 0.1) is 0 Å². The molecule has 2 aromatic rings. The second-order valence-electron chi connectivity index (χ2n) is 4.26. The van der Waals surface area contributed by atoms with Crippen LogP contribution in [0.25, 0.3) is 0 Å². The summed E-state index contributed by atoms with van der Waals surface area (Å²) in [5.41, 5.74) is 2.09. The summed E-state index contributed by atoms with van der Waals surface area (Å²) in [6, 6.07) is 11.4. The molecule has 0 fully saturated rings. The van der Waals surface area contributed by atoms with Gasteiger partial charge in [-0.25, -0.2) is 0 Å². The molecule has 0 saturated carbocycles. The second-order valence-corrected chi connectivity index (χ2v) is 4.70. The van der Waals surface area contributed by atoms with E-state index >= 15 is 0 Å². The smallest absolute Gasteiger partial charge is 0.224 e. The van der Waals surface area contributed by atoms with Gasteiger partial charge in [0, 0.05) is 24.0 Å². The summed E-state index contributed by atoms with van der Waals surface area (Å²) in [5, 5.41) is 3.62. The first kappa shape index (κ1) is 13.6. The van der Waals surface area contributed by atoms with Crippen LogP contribution in [0.15, 0.2) is 48.8 Å². The van der Waals surface area contributed by atoms with E-state index in [4.69, 9.17) is 11.6 Å². The molecule has 98 valence electrons. The number of aromatic nitrogens is 1. The molecular formula is C15H15ClN2O. The van der Waals surface area contributed by atoms with Crippen LogP contribution in [0.2, 0.25) is 5.02 Å². The van der Waals surface area contributed by atoms with Gasteiger partial charge in [0.2, 0.25) is 5.91 Å². The lowest BCUT2D eigenvalue weighted by Crippen LogP contribution is -2.27. The Morgan fingerprint density at radius 1 is 1.16 bits per heavy atom. The highest BCUT2D eigenvalue weighted by Gasteiger charge is 2.02. The monoisotopic (exact) mass is 274 g/mol. The van der Waals surface area contributed by atoms with Gasteiger partial charge in [-0.2, -0.15) is 0 Å². The van der Waals surface area contributed by atoms with Crippen molar-refractivity contribution >= 4 is 17.5 Å². The number of hydrogen-bond acceptors (Lipinski definition) is 2. The number of carbonyl (C=O) groups excluding carboxylic acids is 1. The minimum absolute atomic E-state index is 0.0215. The van der Waals surface area contributed by atoms with E-state index < -0.39 is 0 Å². The third kappa shape index (κ3) is 4.72. The molecule has 1 N–H and O–H groups in total. The molecule has 3 nitrogen and oxygen atoms in total. The summed E-state index contributed by atoms with van der Waals surface area (Å²) in [6.45, 7) is 0.615. The first-order chi connectivity index (χ1) is 9.24. The Morgan fingerprint density at radius 2 is 1.95 bits per heavy atom. The van der Waals surface area contributed by atoms with Crippen LogP contribution >= 0.6 is 11.6 Å². The molecule has 2 rings (SSSR count). The minimum Gasteiger partial charge on any atom is -0.355 e. The zero-order valence-electron chi connectivity index (χ0n) is 10.5. The van der Waals surface area contributed by atoms with Gasteiger partial charge in [0.1, 0.15) is 0 Å². The summed E-state index contributed by atoms with van der Waals surface area (Å²) in [5.74, 6) is 0.0215. The Kier molecular flexibility index (Phi) is 4.93. The molecule has 1 amide bonds. The molecule has 0 spiro atoms. The van der Waals surface area contributed by atoms with Crippen LogP contribution in [0.3, 0.4) is 0 Å². The molecule has 0 saturated heterocycles. The van der Waals surface area contributed by atoms with Crippen molar-refractivity contribution in [1.29, 1.82) is 0 Å². The van der Waals surface area contributed by atoms with Crippen molar-refractivity contribution in [3.05, 3.63) is 64.9 Å². The van der Waals surface area contributed by atoms with Gasteiger partial charge >= 0.3 is 0 Å². The van der Waals surface area contributed by atoms with Crippen molar-refractivity contribution in [2.45, 2.75) is 12.8 Å². The van der Waals surface area contributed by atoms with E-state index in [9.17, 15) is 4.79 Å². The van der Waals surface area contributed by atoms with Crippen molar-refractivity contribution in [3.8, 4) is 0 Å². The van der Waals surface area contributed by atoms with Gasteiger partial charge in [-0.3, -0.25) is 9.78 Å². The highest BCUT2D eigenvalue weighted by Crippen LogP contribution is 2.10. The topological polar surface area (TPSA) is 42.0 Å². The van der Waals surface area contributed by atoms with Crippen molar-refractivity contribution in [2.75, 3.05) is 6.54 Å². The number of carbonyl (C=O) groups is 1.